The van der Waals surface area contributed by atoms with Crippen LogP contribution in [0.1, 0.15) is 18.4 Å². The molecule has 0 spiro atoms. The Morgan fingerprint density at radius 2 is 2.32 bits per heavy atom. The van der Waals surface area contributed by atoms with E-state index in [2.05, 4.69) is 21.2 Å². The summed E-state index contributed by atoms with van der Waals surface area (Å²) in [4.78, 5) is 22.4. The van der Waals surface area contributed by atoms with Crippen molar-refractivity contribution < 1.29 is 14.5 Å². The number of amides is 1. The molecule has 0 unspecified atom stereocenters. The molecule has 1 aliphatic rings. The summed E-state index contributed by atoms with van der Waals surface area (Å²) >= 11 is 3.20. The van der Waals surface area contributed by atoms with Crippen molar-refractivity contribution >= 4 is 33.2 Å². The third-order valence-corrected chi connectivity index (χ3v) is 3.48. The van der Waals surface area contributed by atoms with Crippen molar-refractivity contribution in [1.82, 2.24) is 0 Å². The molecule has 1 heterocycles. The minimum Gasteiger partial charge on any atom is -0.368 e. The van der Waals surface area contributed by atoms with Gasteiger partial charge in [-0.2, -0.15) is 0 Å². The van der Waals surface area contributed by atoms with Crippen LogP contribution < -0.4 is 5.32 Å². The molecular weight excluding hydrogens is 316 g/mol. The van der Waals surface area contributed by atoms with Gasteiger partial charge in [0.05, 0.1) is 16.2 Å². The van der Waals surface area contributed by atoms with E-state index in [1.54, 1.807) is 13.0 Å². The maximum Gasteiger partial charge on any atom is 0.275 e. The van der Waals surface area contributed by atoms with Crippen LogP contribution in [-0.2, 0) is 9.53 Å². The number of hydrogen-bond donors (Lipinski definition) is 1. The van der Waals surface area contributed by atoms with Gasteiger partial charge >= 0.3 is 0 Å². The van der Waals surface area contributed by atoms with E-state index in [1.165, 1.54) is 6.07 Å². The molecule has 1 amide bonds. The van der Waals surface area contributed by atoms with Crippen molar-refractivity contribution in [3.8, 4) is 0 Å². The zero-order valence-corrected chi connectivity index (χ0v) is 11.9. The number of rotatable bonds is 3. The second-order valence-electron chi connectivity index (χ2n) is 4.35. The molecule has 1 aliphatic heterocycles. The maximum absolute atomic E-state index is 11.9. The minimum atomic E-state index is -0.470. The average Bonchev–Trinajstić information content (AvgIpc) is 2.86. The van der Waals surface area contributed by atoms with E-state index in [4.69, 9.17) is 4.74 Å². The van der Waals surface area contributed by atoms with E-state index in [0.717, 1.165) is 6.42 Å². The molecule has 19 heavy (non-hydrogen) atoms. The number of nitro benzene ring substituents is 1. The number of hydrogen-bond acceptors (Lipinski definition) is 4. The van der Waals surface area contributed by atoms with Crippen LogP contribution in [0.5, 0.6) is 0 Å². The van der Waals surface area contributed by atoms with Gasteiger partial charge in [0, 0.05) is 17.1 Å². The van der Waals surface area contributed by atoms with E-state index < -0.39 is 11.0 Å². The van der Waals surface area contributed by atoms with Gasteiger partial charge in [0.15, 0.2) is 0 Å². The molecule has 1 atom stereocenters. The van der Waals surface area contributed by atoms with Gasteiger partial charge in [0.25, 0.3) is 11.6 Å². The largest absolute Gasteiger partial charge is 0.368 e. The third kappa shape index (κ3) is 3.10. The zero-order chi connectivity index (χ0) is 14.0. The standard InChI is InChI=1S/C12H13BrN2O4/c1-7-9(5-8(13)6-10(7)15(17)18)14-12(16)11-3-2-4-19-11/h5-6,11H,2-4H2,1H3,(H,14,16)/t11-/m1/s1. The maximum atomic E-state index is 11.9. The second-order valence-corrected chi connectivity index (χ2v) is 5.26. The van der Waals surface area contributed by atoms with E-state index in [-0.39, 0.29) is 11.6 Å². The van der Waals surface area contributed by atoms with Crippen LogP contribution in [0.2, 0.25) is 0 Å². The Morgan fingerprint density at radius 3 is 2.89 bits per heavy atom. The van der Waals surface area contributed by atoms with Gasteiger partial charge in [-0.1, -0.05) is 15.9 Å². The number of carbonyl (C=O) groups is 1. The highest BCUT2D eigenvalue weighted by molar-refractivity contribution is 9.10. The summed E-state index contributed by atoms with van der Waals surface area (Å²) in [7, 11) is 0. The number of nitro groups is 1. The SMILES string of the molecule is Cc1c(NC(=O)[C@H]2CCCO2)cc(Br)cc1[N+](=O)[O-]. The minimum absolute atomic E-state index is 0.0305. The first-order chi connectivity index (χ1) is 8.99. The van der Waals surface area contributed by atoms with Gasteiger partial charge in [0.2, 0.25) is 0 Å². The molecule has 1 N–H and O–H groups in total. The number of carbonyl (C=O) groups excluding carboxylic acids is 1. The van der Waals surface area contributed by atoms with Crippen molar-refractivity contribution in [2.24, 2.45) is 0 Å². The Morgan fingerprint density at radius 1 is 1.58 bits per heavy atom. The predicted molar refractivity (Wildman–Crippen MR) is 73.1 cm³/mol. The first-order valence-corrected chi connectivity index (χ1v) is 6.65. The normalized spacial score (nSPS) is 18.3. The van der Waals surface area contributed by atoms with Crippen molar-refractivity contribution in [3.63, 3.8) is 0 Å². The lowest BCUT2D eigenvalue weighted by molar-refractivity contribution is -0.385. The van der Waals surface area contributed by atoms with Crippen LogP contribution in [0.3, 0.4) is 0 Å². The zero-order valence-electron chi connectivity index (χ0n) is 10.3. The molecule has 0 aromatic heterocycles. The Kier molecular flexibility index (Phi) is 4.16. The second kappa shape index (κ2) is 5.66. The molecule has 1 fully saturated rings. The first kappa shape index (κ1) is 14.0. The molecular formula is C12H13BrN2O4. The lowest BCUT2D eigenvalue weighted by atomic mass is 10.1. The highest BCUT2D eigenvalue weighted by atomic mass is 79.9. The molecule has 0 aliphatic carbocycles. The van der Waals surface area contributed by atoms with Crippen molar-refractivity contribution in [2.75, 3.05) is 11.9 Å². The summed E-state index contributed by atoms with van der Waals surface area (Å²) in [5.74, 6) is -0.256. The van der Waals surface area contributed by atoms with Crippen LogP contribution in [0.4, 0.5) is 11.4 Å². The lowest BCUT2D eigenvalue weighted by Gasteiger charge is -2.12. The number of benzene rings is 1. The predicted octanol–water partition coefficient (Wildman–Crippen LogP) is 2.78. The molecule has 102 valence electrons. The number of nitrogens with zero attached hydrogens (tertiary/aromatic N) is 1. The van der Waals surface area contributed by atoms with Crippen LogP contribution in [0.25, 0.3) is 0 Å². The fourth-order valence-electron chi connectivity index (χ4n) is 1.98. The fraction of sp³-hybridized carbons (Fsp3) is 0.417. The fourth-order valence-corrected chi connectivity index (χ4v) is 2.43. The molecule has 2 rings (SSSR count). The van der Waals surface area contributed by atoms with Crippen molar-refractivity contribution in [1.29, 1.82) is 0 Å². The molecule has 1 aromatic rings. The molecule has 0 radical (unpaired) electrons. The summed E-state index contributed by atoms with van der Waals surface area (Å²) in [5.41, 5.74) is 0.832. The summed E-state index contributed by atoms with van der Waals surface area (Å²) in [5, 5.41) is 13.6. The van der Waals surface area contributed by atoms with Gasteiger partial charge in [-0.3, -0.25) is 14.9 Å². The monoisotopic (exact) mass is 328 g/mol. The van der Waals surface area contributed by atoms with Crippen molar-refractivity contribution in [2.45, 2.75) is 25.9 Å². The third-order valence-electron chi connectivity index (χ3n) is 3.02. The van der Waals surface area contributed by atoms with Gasteiger partial charge in [0.1, 0.15) is 6.10 Å². The highest BCUT2D eigenvalue weighted by Crippen LogP contribution is 2.30. The van der Waals surface area contributed by atoms with Gasteiger partial charge in [-0.05, 0) is 25.8 Å². The van der Waals surface area contributed by atoms with E-state index in [1.807, 2.05) is 0 Å². The topological polar surface area (TPSA) is 81.5 Å². The van der Waals surface area contributed by atoms with Crippen LogP contribution in [-0.4, -0.2) is 23.5 Å². The van der Waals surface area contributed by atoms with Gasteiger partial charge in [-0.25, -0.2) is 0 Å². The molecule has 1 saturated heterocycles. The highest BCUT2D eigenvalue weighted by Gasteiger charge is 2.25. The number of ether oxygens (including phenoxy) is 1. The van der Waals surface area contributed by atoms with E-state index >= 15 is 0 Å². The summed E-state index contributed by atoms with van der Waals surface area (Å²) in [6.07, 6.45) is 1.08. The number of halogens is 1. The molecule has 1 aromatic carbocycles. The number of anilines is 1. The summed E-state index contributed by atoms with van der Waals surface area (Å²) in [6, 6.07) is 3.06. The molecule has 0 bridgehead atoms. The van der Waals surface area contributed by atoms with Crippen LogP contribution in [0.15, 0.2) is 16.6 Å². The summed E-state index contributed by atoms with van der Waals surface area (Å²) in [6.45, 7) is 2.19. The Bertz CT molecular complexity index is 527. The van der Waals surface area contributed by atoms with E-state index in [0.29, 0.717) is 28.8 Å². The molecule has 0 saturated carbocycles. The molecule has 6 nitrogen and oxygen atoms in total. The quantitative estimate of drug-likeness (QED) is 0.683. The smallest absolute Gasteiger partial charge is 0.275 e. The Labute approximate surface area is 118 Å². The average molecular weight is 329 g/mol. The number of nitrogens with one attached hydrogen (secondary N) is 1. The lowest BCUT2D eigenvalue weighted by Crippen LogP contribution is -2.27. The van der Waals surface area contributed by atoms with Gasteiger partial charge < -0.3 is 10.1 Å². The Balaban J connectivity index is 2.24. The van der Waals surface area contributed by atoms with Crippen LogP contribution >= 0.6 is 15.9 Å². The molecule has 7 heteroatoms. The Hall–Kier alpha value is -1.47. The van der Waals surface area contributed by atoms with E-state index in [9.17, 15) is 14.9 Å². The van der Waals surface area contributed by atoms with Gasteiger partial charge in [-0.15, -0.1) is 0 Å². The summed E-state index contributed by atoms with van der Waals surface area (Å²) < 4.78 is 5.83. The first-order valence-electron chi connectivity index (χ1n) is 5.86. The van der Waals surface area contributed by atoms with Crippen molar-refractivity contribution in [3.05, 3.63) is 32.3 Å². The van der Waals surface area contributed by atoms with Crippen LogP contribution in [0, 0.1) is 17.0 Å².